The predicted molar refractivity (Wildman–Crippen MR) is 103 cm³/mol. The fourth-order valence-corrected chi connectivity index (χ4v) is 3.70. The van der Waals surface area contributed by atoms with Crippen molar-refractivity contribution in [3.8, 4) is 0 Å². The van der Waals surface area contributed by atoms with Crippen molar-refractivity contribution in [3.63, 3.8) is 0 Å². The van der Waals surface area contributed by atoms with Crippen LogP contribution in [0.15, 0.2) is 72.1 Å². The fraction of sp³-hybridized carbons (Fsp3) is 0.190. The van der Waals surface area contributed by atoms with Crippen molar-refractivity contribution >= 4 is 22.9 Å². The first-order valence-corrected chi connectivity index (χ1v) is 9.40. The first-order valence-electron chi connectivity index (χ1n) is 8.52. The van der Waals surface area contributed by atoms with Crippen LogP contribution in [0.25, 0.3) is 0 Å². The molecule has 1 aliphatic rings. The maximum atomic E-state index is 12.2. The van der Waals surface area contributed by atoms with Gasteiger partial charge in [0.05, 0.1) is 0 Å². The van der Waals surface area contributed by atoms with E-state index < -0.39 is 0 Å². The maximum absolute atomic E-state index is 12.2. The molecule has 2 atom stereocenters. The number of rotatable bonds is 6. The topological polar surface area (TPSA) is 41.1 Å². The number of anilines is 1. The summed E-state index contributed by atoms with van der Waals surface area (Å²) in [5.74, 6) is 0.508. The van der Waals surface area contributed by atoms with Gasteiger partial charge in [0, 0.05) is 34.6 Å². The smallest absolute Gasteiger partial charge is 0.255 e. The van der Waals surface area contributed by atoms with Gasteiger partial charge in [-0.05, 0) is 47.7 Å². The van der Waals surface area contributed by atoms with E-state index in [0.29, 0.717) is 17.5 Å². The van der Waals surface area contributed by atoms with Gasteiger partial charge in [0.15, 0.2) is 0 Å². The second-order valence-electron chi connectivity index (χ2n) is 6.35. The summed E-state index contributed by atoms with van der Waals surface area (Å²) in [6.45, 7) is 0.948. The number of hydrogen-bond acceptors (Lipinski definition) is 3. The van der Waals surface area contributed by atoms with Gasteiger partial charge in [-0.3, -0.25) is 4.79 Å². The van der Waals surface area contributed by atoms with E-state index in [2.05, 4.69) is 40.3 Å². The van der Waals surface area contributed by atoms with E-state index in [1.54, 1.807) is 11.3 Å². The lowest BCUT2D eigenvalue weighted by Gasteiger charge is -2.07. The van der Waals surface area contributed by atoms with Gasteiger partial charge in [-0.25, -0.2) is 0 Å². The first-order chi connectivity index (χ1) is 12.3. The Balaban J connectivity index is 1.31. The van der Waals surface area contributed by atoms with Crippen LogP contribution in [0.2, 0.25) is 0 Å². The van der Waals surface area contributed by atoms with Crippen LogP contribution in [0.5, 0.6) is 0 Å². The summed E-state index contributed by atoms with van der Waals surface area (Å²) >= 11 is 1.79. The number of carbonyl (C=O) groups excluding carboxylic acids is 1. The molecule has 126 valence electrons. The minimum Gasteiger partial charge on any atom is -0.322 e. The van der Waals surface area contributed by atoms with Crippen LogP contribution in [0.1, 0.15) is 33.1 Å². The summed E-state index contributed by atoms with van der Waals surface area (Å²) < 4.78 is 0. The summed E-state index contributed by atoms with van der Waals surface area (Å²) in [6.07, 6.45) is 1.18. The third-order valence-corrected chi connectivity index (χ3v) is 5.42. The lowest BCUT2D eigenvalue weighted by molar-refractivity contribution is 0.102. The molecule has 0 aliphatic heterocycles. The minimum atomic E-state index is -0.0738. The molecule has 1 aromatic heterocycles. The standard InChI is InChI=1S/C21H20N2OS/c24-21(16-5-2-1-3-6-16)23-17-10-8-15(9-11-17)19-13-20(19)22-14-18-7-4-12-25-18/h1-12,19-20,22H,13-14H2,(H,23,24)/t19-,20+/m0/s1. The number of benzene rings is 2. The van der Waals surface area contributed by atoms with Crippen LogP contribution >= 0.6 is 11.3 Å². The normalized spacial score (nSPS) is 18.7. The highest BCUT2D eigenvalue weighted by Crippen LogP contribution is 2.41. The van der Waals surface area contributed by atoms with Crippen molar-refractivity contribution < 1.29 is 4.79 Å². The van der Waals surface area contributed by atoms with Crippen molar-refractivity contribution in [2.75, 3.05) is 5.32 Å². The van der Waals surface area contributed by atoms with Crippen molar-refractivity contribution in [1.82, 2.24) is 5.32 Å². The largest absolute Gasteiger partial charge is 0.322 e. The van der Waals surface area contributed by atoms with Gasteiger partial charge in [-0.2, -0.15) is 0 Å². The number of carbonyl (C=O) groups is 1. The van der Waals surface area contributed by atoms with E-state index in [9.17, 15) is 4.79 Å². The molecular formula is C21H20N2OS. The highest BCUT2D eigenvalue weighted by molar-refractivity contribution is 7.09. The molecule has 1 heterocycles. The molecular weight excluding hydrogens is 328 g/mol. The zero-order chi connectivity index (χ0) is 17.1. The van der Waals surface area contributed by atoms with Crippen LogP contribution in [0.4, 0.5) is 5.69 Å². The van der Waals surface area contributed by atoms with Crippen LogP contribution in [-0.4, -0.2) is 11.9 Å². The van der Waals surface area contributed by atoms with Gasteiger partial charge >= 0.3 is 0 Å². The molecule has 1 aliphatic carbocycles. The molecule has 1 fully saturated rings. The average molecular weight is 348 g/mol. The SMILES string of the molecule is O=C(Nc1ccc([C@@H]2C[C@H]2NCc2cccs2)cc1)c1ccccc1. The van der Waals surface area contributed by atoms with Gasteiger partial charge in [0.2, 0.25) is 0 Å². The highest BCUT2D eigenvalue weighted by Gasteiger charge is 2.37. The number of hydrogen-bond donors (Lipinski definition) is 2. The summed E-state index contributed by atoms with van der Waals surface area (Å²) in [7, 11) is 0. The molecule has 4 heteroatoms. The Kier molecular flexibility index (Phi) is 4.63. The molecule has 0 radical (unpaired) electrons. The molecule has 25 heavy (non-hydrogen) atoms. The summed E-state index contributed by atoms with van der Waals surface area (Å²) in [4.78, 5) is 13.6. The Bertz CT molecular complexity index is 828. The highest BCUT2D eigenvalue weighted by atomic mass is 32.1. The monoisotopic (exact) mass is 348 g/mol. The lowest BCUT2D eigenvalue weighted by Crippen LogP contribution is -2.16. The quantitative estimate of drug-likeness (QED) is 0.681. The van der Waals surface area contributed by atoms with Gasteiger partial charge in [0.1, 0.15) is 0 Å². The Hall–Kier alpha value is -2.43. The third-order valence-electron chi connectivity index (χ3n) is 4.54. The van der Waals surface area contributed by atoms with Crippen LogP contribution < -0.4 is 10.6 Å². The average Bonchev–Trinajstić information content (AvgIpc) is 3.24. The van der Waals surface area contributed by atoms with Crippen molar-refractivity contribution in [2.45, 2.75) is 24.9 Å². The Labute approximate surface area is 151 Å². The van der Waals surface area contributed by atoms with Crippen LogP contribution in [0.3, 0.4) is 0 Å². The Morgan fingerprint density at radius 2 is 1.80 bits per heavy atom. The molecule has 0 unspecified atom stereocenters. The maximum Gasteiger partial charge on any atom is 0.255 e. The van der Waals surface area contributed by atoms with E-state index in [1.165, 1.54) is 16.9 Å². The molecule has 2 aromatic carbocycles. The van der Waals surface area contributed by atoms with Crippen molar-refractivity contribution in [3.05, 3.63) is 88.1 Å². The van der Waals surface area contributed by atoms with E-state index >= 15 is 0 Å². The zero-order valence-electron chi connectivity index (χ0n) is 13.8. The molecule has 0 saturated heterocycles. The van der Waals surface area contributed by atoms with Crippen molar-refractivity contribution in [1.29, 1.82) is 0 Å². The first kappa shape index (κ1) is 16.1. The summed E-state index contributed by atoms with van der Waals surface area (Å²) in [5, 5.41) is 8.68. The van der Waals surface area contributed by atoms with E-state index in [-0.39, 0.29) is 5.91 Å². The minimum absolute atomic E-state index is 0.0738. The number of nitrogens with one attached hydrogen (secondary N) is 2. The second kappa shape index (κ2) is 7.21. The molecule has 2 N–H and O–H groups in total. The van der Waals surface area contributed by atoms with Gasteiger partial charge < -0.3 is 10.6 Å². The zero-order valence-corrected chi connectivity index (χ0v) is 14.6. The second-order valence-corrected chi connectivity index (χ2v) is 7.38. The van der Waals surface area contributed by atoms with Gasteiger partial charge in [0.25, 0.3) is 5.91 Å². The molecule has 3 nitrogen and oxygen atoms in total. The molecule has 3 aromatic rings. The molecule has 1 saturated carbocycles. The fourth-order valence-electron chi connectivity index (χ4n) is 3.04. The van der Waals surface area contributed by atoms with Gasteiger partial charge in [-0.15, -0.1) is 11.3 Å². The molecule has 4 rings (SSSR count). The van der Waals surface area contributed by atoms with Crippen molar-refractivity contribution in [2.24, 2.45) is 0 Å². The Morgan fingerprint density at radius 1 is 1.00 bits per heavy atom. The Morgan fingerprint density at radius 3 is 2.52 bits per heavy atom. The van der Waals surface area contributed by atoms with Gasteiger partial charge in [-0.1, -0.05) is 36.4 Å². The number of amides is 1. The molecule has 0 bridgehead atoms. The summed E-state index contributed by atoms with van der Waals surface area (Å²) in [5.41, 5.74) is 2.84. The van der Waals surface area contributed by atoms with Crippen LogP contribution in [0, 0.1) is 0 Å². The van der Waals surface area contributed by atoms with E-state index in [1.807, 2.05) is 42.5 Å². The summed E-state index contributed by atoms with van der Waals surface area (Å²) in [6, 6.07) is 22.3. The third kappa shape index (κ3) is 3.98. The molecule has 1 amide bonds. The predicted octanol–water partition coefficient (Wildman–Crippen LogP) is 4.65. The van der Waals surface area contributed by atoms with Crippen LogP contribution in [-0.2, 0) is 6.54 Å². The number of thiophene rings is 1. The van der Waals surface area contributed by atoms with E-state index in [0.717, 1.165) is 12.2 Å². The van der Waals surface area contributed by atoms with E-state index in [4.69, 9.17) is 0 Å². The lowest BCUT2D eigenvalue weighted by atomic mass is 10.1. The molecule has 0 spiro atoms.